The van der Waals surface area contributed by atoms with Gasteiger partial charge >= 0.3 is 0 Å². The molecule has 1 heterocycles. The van der Waals surface area contributed by atoms with Crippen molar-refractivity contribution >= 4 is 0 Å². The third-order valence-corrected chi connectivity index (χ3v) is 4.30. The van der Waals surface area contributed by atoms with Crippen LogP contribution in [0.4, 0.5) is 0 Å². The van der Waals surface area contributed by atoms with Gasteiger partial charge in [-0.1, -0.05) is 6.92 Å². The van der Waals surface area contributed by atoms with Crippen LogP contribution >= 0.6 is 0 Å². The molecule has 1 aliphatic heterocycles. The molecule has 2 aliphatic rings. The minimum absolute atomic E-state index is 0.754. The van der Waals surface area contributed by atoms with Crippen LogP contribution < -0.4 is 5.32 Å². The average molecular weight is 224 g/mol. The Hall–Kier alpha value is -0.0800. The number of hydrogen-bond acceptors (Lipinski definition) is 2. The van der Waals surface area contributed by atoms with Gasteiger partial charge in [-0.05, 0) is 58.4 Å². The second-order valence-electron chi connectivity index (χ2n) is 6.09. The molecule has 1 aliphatic carbocycles. The van der Waals surface area contributed by atoms with Gasteiger partial charge in [0.1, 0.15) is 0 Å². The van der Waals surface area contributed by atoms with Crippen LogP contribution in [0.5, 0.6) is 0 Å². The molecule has 2 rings (SSSR count). The van der Waals surface area contributed by atoms with Gasteiger partial charge < -0.3 is 5.32 Å². The Balaban J connectivity index is 1.70. The monoisotopic (exact) mass is 224 g/mol. The molecule has 2 nitrogen and oxygen atoms in total. The Kier molecular flexibility index (Phi) is 4.26. The first-order valence-corrected chi connectivity index (χ1v) is 7.16. The van der Waals surface area contributed by atoms with Crippen LogP contribution in [0.3, 0.4) is 0 Å². The van der Waals surface area contributed by atoms with E-state index in [-0.39, 0.29) is 0 Å². The molecule has 0 spiro atoms. The lowest BCUT2D eigenvalue weighted by Crippen LogP contribution is -2.47. The van der Waals surface area contributed by atoms with Gasteiger partial charge in [0.2, 0.25) is 0 Å². The van der Waals surface area contributed by atoms with Gasteiger partial charge in [-0.3, -0.25) is 4.90 Å². The fourth-order valence-corrected chi connectivity index (χ4v) is 2.89. The van der Waals surface area contributed by atoms with Crippen LogP contribution in [0, 0.1) is 5.92 Å². The molecular formula is C14H28N2. The van der Waals surface area contributed by atoms with Crippen molar-refractivity contribution in [2.75, 3.05) is 13.1 Å². The Labute approximate surface area is 101 Å². The fourth-order valence-electron chi connectivity index (χ4n) is 2.89. The van der Waals surface area contributed by atoms with Crippen molar-refractivity contribution in [3.8, 4) is 0 Å². The standard InChI is InChI=1S/C14H28N2/c1-11-4-5-12(2)16(10-11)13(3)8-9-15-14-6-7-14/h11-15H,4-10H2,1-3H3. The van der Waals surface area contributed by atoms with Crippen molar-refractivity contribution < 1.29 is 0 Å². The highest BCUT2D eigenvalue weighted by Crippen LogP contribution is 2.24. The third kappa shape index (κ3) is 3.46. The molecule has 3 atom stereocenters. The lowest BCUT2D eigenvalue weighted by Gasteiger charge is -2.41. The van der Waals surface area contributed by atoms with Gasteiger partial charge in [0.25, 0.3) is 0 Å². The first-order valence-electron chi connectivity index (χ1n) is 7.16. The molecule has 0 bridgehead atoms. The molecule has 2 heteroatoms. The summed E-state index contributed by atoms with van der Waals surface area (Å²) in [5.41, 5.74) is 0. The average Bonchev–Trinajstić information content (AvgIpc) is 3.05. The highest BCUT2D eigenvalue weighted by Gasteiger charge is 2.27. The van der Waals surface area contributed by atoms with Gasteiger partial charge in [-0.2, -0.15) is 0 Å². The Morgan fingerprint density at radius 3 is 2.62 bits per heavy atom. The number of likely N-dealkylation sites (tertiary alicyclic amines) is 1. The summed E-state index contributed by atoms with van der Waals surface area (Å²) in [6.45, 7) is 9.73. The molecule has 1 N–H and O–H groups in total. The van der Waals surface area contributed by atoms with Crippen molar-refractivity contribution in [3.63, 3.8) is 0 Å². The van der Waals surface area contributed by atoms with E-state index in [0.29, 0.717) is 0 Å². The van der Waals surface area contributed by atoms with Crippen molar-refractivity contribution in [3.05, 3.63) is 0 Å². The summed E-state index contributed by atoms with van der Waals surface area (Å²) in [5.74, 6) is 0.898. The molecule has 0 aromatic heterocycles. The number of piperidine rings is 1. The molecular weight excluding hydrogens is 196 g/mol. The molecule has 0 radical (unpaired) electrons. The van der Waals surface area contributed by atoms with E-state index in [9.17, 15) is 0 Å². The molecule has 94 valence electrons. The van der Waals surface area contributed by atoms with E-state index in [4.69, 9.17) is 0 Å². The molecule has 0 amide bonds. The summed E-state index contributed by atoms with van der Waals surface area (Å²) < 4.78 is 0. The van der Waals surface area contributed by atoms with Gasteiger partial charge in [-0.15, -0.1) is 0 Å². The smallest absolute Gasteiger partial charge is 0.00819 e. The quantitative estimate of drug-likeness (QED) is 0.772. The predicted molar refractivity (Wildman–Crippen MR) is 69.7 cm³/mol. The molecule has 2 fully saturated rings. The zero-order valence-corrected chi connectivity index (χ0v) is 11.2. The second kappa shape index (κ2) is 5.50. The highest BCUT2D eigenvalue weighted by molar-refractivity contribution is 4.84. The minimum Gasteiger partial charge on any atom is -0.314 e. The highest BCUT2D eigenvalue weighted by atomic mass is 15.2. The SMILES string of the molecule is CC1CCC(C)N(C(C)CCNC2CC2)C1. The first kappa shape index (κ1) is 12.4. The Morgan fingerprint density at radius 2 is 1.94 bits per heavy atom. The fraction of sp³-hybridized carbons (Fsp3) is 1.00. The maximum atomic E-state index is 3.63. The third-order valence-electron chi connectivity index (χ3n) is 4.30. The Morgan fingerprint density at radius 1 is 1.19 bits per heavy atom. The van der Waals surface area contributed by atoms with Crippen LogP contribution in [0.25, 0.3) is 0 Å². The summed E-state index contributed by atoms with van der Waals surface area (Å²) in [6, 6.07) is 2.42. The summed E-state index contributed by atoms with van der Waals surface area (Å²) in [5, 5.41) is 3.63. The lowest BCUT2D eigenvalue weighted by molar-refractivity contribution is 0.0805. The number of nitrogens with one attached hydrogen (secondary N) is 1. The minimum atomic E-state index is 0.754. The molecule has 1 saturated carbocycles. The van der Waals surface area contributed by atoms with E-state index in [0.717, 1.165) is 24.0 Å². The van der Waals surface area contributed by atoms with Crippen LogP contribution in [-0.2, 0) is 0 Å². The normalized spacial score (nSPS) is 33.9. The van der Waals surface area contributed by atoms with Crippen molar-refractivity contribution in [1.82, 2.24) is 10.2 Å². The summed E-state index contributed by atoms with van der Waals surface area (Å²) in [6.07, 6.45) is 6.94. The van der Waals surface area contributed by atoms with E-state index >= 15 is 0 Å². The number of nitrogens with zero attached hydrogens (tertiary/aromatic N) is 1. The number of rotatable bonds is 5. The van der Waals surface area contributed by atoms with E-state index in [1.54, 1.807) is 0 Å². The molecule has 1 saturated heterocycles. The van der Waals surface area contributed by atoms with Crippen LogP contribution in [0.1, 0.15) is 52.9 Å². The van der Waals surface area contributed by atoms with Crippen molar-refractivity contribution in [2.45, 2.75) is 71.0 Å². The van der Waals surface area contributed by atoms with Gasteiger partial charge in [0, 0.05) is 24.7 Å². The summed E-state index contributed by atoms with van der Waals surface area (Å²) in [4.78, 5) is 2.72. The number of hydrogen-bond donors (Lipinski definition) is 1. The van der Waals surface area contributed by atoms with Crippen LogP contribution in [-0.4, -0.2) is 36.1 Å². The zero-order chi connectivity index (χ0) is 11.5. The van der Waals surface area contributed by atoms with Gasteiger partial charge in [-0.25, -0.2) is 0 Å². The van der Waals surface area contributed by atoms with Crippen molar-refractivity contribution in [1.29, 1.82) is 0 Å². The molecule has 0 aromatic carbocycles. The van der Waals surface area contributed by atoms with Gasteiger partial charge in [0.05, 0.1) is 0 Å². The van der Waals surface area contributed by atoms with E-state index in [2.05, 4.69) is 31.0 Å². The topological polar surface area (TPSA) is 15.3 Å². The molecule has 3 unspecified atom stereocenters. The van der Waals surface area contributed by atoms with E-state index in [1.165, 1.54) is 45.2 Å². The predicted octanol–water partition coefficient (Wildman–Crippen LogP) is 2.64. The summed E-state index contributed by atoms with van der Waals surface area (Å²) in [7, 11) is 0. The van der Waals surface area contributed by atoms with Crippen LogP contribution in [0.2, 0.25) is 0 Å². The van der Waals surface area contributed by atoms with Crippen molar-refractivity contribution in [2.24, 2.45) is 5.92 Å². The summed E-state index contributed by atoms with van der Waals surface area (Å²) >= 11 is 0. The first-order chi connectivity index (χ1) is 7.66. The van der Waals surface area contributed by atoms with E-state index < -0.39 is 0 Å². The van der Waals surface area contributed by atoms with Gasteiger partial charge in [0.15, 0.2) is 0 Å². The van der Waals surface area contributed by atoms with Crippen LogP contribution in [0.15, 0.2) is 0 Å². The zero-order valence-electron chi connectivity index (χ0n) is 11.2. The largest absolute Gasteiger partial charge is 0.314 e. The van der Waals surface area contributed by atoms with E-state index in [1.807, 2.05) is 0 Å². The lowest BCUT2D eigenvalue weighted by atomic mass is 9.93. The second-order valence-corrected chi connectivity index (χ2v) is 6.09. The molecule has 0 aromatic rings. The maximum absolute atomic E-state index is 3.63. The Bertz CT molecular complexity index is 213. The molecule has 16 heavy (non-hydrogen) atoms. The maximum Gasteiger partial charge on any atom is 0.00819 e.